The van der Waals surface area contributed by atoms with Crippen LogP contribution in [0.5, 0.6) is 0 Å². The van der Waals surface area contributed by atoms with Crippen LogP contribution in [0.15, 0.2) is 73.2 Å². The van der Waals surface area contributed by atoms with Gasteiger partial charge in [0, 0.05) is 36.1 Å². The third-order valence-corrected chi connectivity index (χ3v) is 7.28. The van der Waals surface area contributed by atoms with Crippen molar-refractivity contribution in [2.45, 2.75) is 25.8 Å². The number of hydrogen-bond acceptors (Lipinski definition) is 5. The molecule has 1 saturated heterocycles. The van der Waals surface area contributed by atoms with E-state index in [1.54, 1.807) is 12.3 Å². The molecule has 7 rings (SSSR count). The van der Waals surface area contributed by atoms with Crippen LogP contribution in [0, 0.1) is 5.82 Å². The predicted molar refractivity (Wildman–Crippen MR) is 147 cm³/mol. The highest BCUT2D eigenvalue weighted by molar-refractivity contribution is 5.99. The molecule has 7 nitrogen and oxygen atoms in total. The molecule has 1 aliphatic rings. The number of piperidine rings is 1. The average Bonchev–Trinajstić information content (AvgIpc) is 3.57. The van der Waals surface area contributed by atoms with E-state index in [1.165, 1.54) is 37.0 Å². The Bertz CT molecular complexity index is 1760. The van der Waals surface area contributed by atoms with Crippen molar-refractivity contribution in [1.82, 2.24) is 35.0 Å². The summed E-state index contributed by atoms with van der Waals surface area (Å²) >= 11 is 0. The van der Waals surface area contributed by atoms with Gasteiger partial charge in [-0.05, 0) is 85.1 Å². The molecular weight excluding hydrogens is 477 g/mol. The number of likely N-dealkylation sites (tertiary alicyclic amines) is 1. The lowest BCUT2D eigenvalue weighted by atomic mass is 10.0. The minimum Gasteiger partial charge on any atom is -0.338 e. The summed E-state index contributed by atoms with van der Waals surface area (Å²) in [4.78, 5) is 19.9. The number of hydrogen-bond donors (Lipinski definition) is 2. The lowest BCUT2D eigenvalue weighted by Crippen LogP contribution is -2.29. The minimum atomic E-state index is -0.271. The summed E-state index contributed by atoms with van der Waals surface area (Å²) in [6.07, 6.45) is 9.40. The van der Waals surface area contributed by atoms with Gasteiger partial charge in [0.1, 0.15) is 22.7 Å². The maximum Gasteiger partial charge on any atom is 0.138 e. The zero-order valence-electron chi connectivity index (χ0n) is 20.8. The fraction of sp³-hybridized carbons (Fsp3) is 0.200. The number of aromatic amines is 2. The SMILES string of the molecule is Fc1cccc(-c2ccnc3[nH]c(-c4n[nH]c5ccc(-c6cncc(CN7CCCCC7)c6)nc45)cc23)c1. The molecule has 0 unspecified atom stereocenters. The lowest BCUT2D eigenvalue weighted by molar-refractivity contribution is 0.220. The first kappa shape index (κ1) is 22.7. The topological polar surface area (TPSA) is 86.4 Å². The van der Waals surface area contributed by atoms with Gasteiger partial charge in [-0.1, -0.05) is 18.6 Å². The van der Waals surface area contributed by atoms with Crippen LogP contribution in [0.2, 0.25) is 0 Å². The molecule has 0 amide bonds. The zero-order valence-corrected chi connectivity index (χ0v) is 20.8. The largest absolute Gasteiger partial charge is 0.338 e. The molecule has 1 aromatic carbocycles. The van der Waals surface area contributed by atoms with E-state index in [2.05, 4.69) is 36.1 Å². The number of rotatable bonds is 5. The number of fused-ring (bicyclic) bond motifs is 2. The first-order chi connectivity index (χ1) is 18.7. The van der Waals surface area contributed by atoms with Gasteiger partial charge in [0.15, 0.2) is 0 Å². The Morgan fingerprint density at radius 2 is 1.84 bits per heavy atom. The van der Waals surface area contributed by atoms with E-state index in [4.69, 9.17) is 4.98 Å². The van der Waals surface area contributed by atoms with Crippen LogP contribution in [-0.4, -0.2) is 48.1 Å². The Balaban J connectivity index is 1.26. The third-order valence-electron chi connectivity index (χ3n) is 7.28. The van der Waals surface area contributed by atoms with E-state index in [1.807, 2.05) is 42.7 Å². The van der Waals surface area contributed by atoms with Gasteiger partial charge in [-0.2, -0.15) is 5.10 Å². The predicted octanol–water partition coefficient (Wildman–Crippen LogP) is 6.36. The summed E-state index contributed by atoms with van der Waals surface area (Å²) in [5.41, 5.74) is 8.57. The second kappa shape index (κ2) is 9.46. The number of benzene rings is 1. The molecule has 188 valence electrons. The smallest absolute Gasteiger partial charge is 0.138 e. The van der Waals surface area contributed by atoms with E-state index in [-0.39, 0.29) is 5.82 Å². The van der Waals surface area contributed by atoms with Crippen molar-refractivity contribution < 1.29 is 4.39 Å². The molecule has 38 heavy (non-hydrogen) atoms. The molecule has 6 heterocycles. The Hall–Kier alpha value is -4.43. The van der Waals surface area contributed by atoms with Crippen LogP contribution >= 0.6 is 0 Å². The van der Waals surface area contributed by atoms with Crippen LogP contribution in [0.25, 0.3) is 55.8 Å². The molecule has 0 spiro atoms. The molecule has 5 aromatic heterocycles. The van der Waals surface area contributed by atoms with E-state index in [0.29, 0.717) is 11.3 Å². The normalized spacial score (nSPS) is 14.4. The monoisotopic (exact) mass is 503 g/mol. The second-order valence-corrected chi connectivity index (χ2v) is 9.90. The van der Waals surface area contributed by atoms with Gasteiger partial charge in [-0.15, -0.1) is 0 Å². The number of nitrogens with one attached hydrogen (secondary N) is 2. The van der Waals surface area contributed by atoms with Crippen molar-refractivity contribution in [3.05, 3.63) is 84.6 Å². The lowest BCUT2D eigenvalue weighted by Gasteiger charge is -2.26. The maximum absolute atomic E-state index is 13.9. The highest BCUT2D eigenvalue weighted by Crippen LogP contribution is 2.33. The van der Waals surface area contributed by atoms with Crippen molar-refractivity contribution in [3.63, 3.8) is 0 Å². The fourth-order valence-corrected chi connectivity index (χ4v) is 5.40. The summed E-state index contributed by atoms with van der Waals surface area (Å²) in [6.45, 7) is 3.20. The van der Waals surface area contributed by atoms with Crippen LogP contribution in [0.3, 0.4) is 0 Å². The van der Waals surface area contributed by atoms with Gasteiger partial charge in [-0.3, -0.25) is 15.0 Å². The Kier molecular flexibility index (Phi) is 5.66. The highest BCUT2D eigenvalue weighted by Gasteiger charge is 2.17. The summed E-state index contributed by atoms with van der Waals surface area (Å²) < 4.78 is 13.9. The number of halogens is 1. The summed E-state index contributed by atoms with van der Waals surface area (Å²) in [6, 6.07) is 16.7. The van der Waals surface area contributed by atoms with Crippen LogP contribution in [-0.2, 0) is 6.54 Å². The van der Waals surface area contributed by atoms with Crippen LogP contribution in [0.1, 0.15) is 24.8 Å². The Morgan fingerprint density at radius 1 is 0.921 bits per heavy atom. The molecule has 2 N–H and O–H groups in total. The fourth-order valence-electron chi connectivity index (χ4n) is 5.40. The quantitative estimate of drug-likeness (QED) is 0.286. The average molecular weight is 504 g/mol. The van der Waals surface area contributed by atoms with Crippen molar-refractivity contribution in [2.75, 3.05) is 13.1 Å². The Morgan fingerprint density at radius 3 is 2.74 bits per heavy atom. The van der Waals surface area contributed by atoms with E-state index < -0.39 is 0 Å². The number of pyridine rings is 3. The molecule has 6 aromatic rings. The molecule has 0 bridgehead atoms. The molecular formula is C30H26FN7. The van der Waals surface area contributed by atoms with Gasteiger partial charge >= 0.3 is 0 Å². The zero-order chi connectivity index (χ0) is 25.5. The molecule has 1 fully saturated rings. The van der Waals surface area contributed by atoms with Crippen LogP contribution < -0.4 is 0 Å². The highest BCUT2D eigenvalue weighted by atomic mass is 19.1. The van der Waals surface area contributed by atoms with Crippen molar-refractivity contribution in [3.8, 4) is 33.8 Å². The standard InChI is InChI=1S/C30H26FN7/c31-22-6-4-5-20(14-22)23-9-10-33-30-24(23)15-27(35-30)29-28-26(36-37-29)8-7-25(34-28)21-13-19(16-32-17-21)18-38-11-2-1-3-12-38/h4-10,13-17H,1-3,11-12,18H2,(H,33,35)(H,36,37). The van der Waals surface area contributed by atoms with Crippen molar-refractivity contribution in [2.24, 2.45) is 0 Å². The van der Waals surface area contributed by atoms with Gasteiger partial charge in [0.2, 0.25) is 0 Å². The van der Waals surface area contributed by atoms with Gasteiger partial charge < -0.3 is 4.98 Å². The Labute approximate surface area is 218 Å². The second-order valence-electron chi connectivity index (χ2n) is 9.90. The first-order valence-electron chi connectivity index (χ1n) is 13.0. The molecule has 8 heteroatoms. The minimum absolute atomic E-state index is 0.271. The van der Waals surface area contributed by atoms with Crippen LogP contribution in [0.4, 0.5) is 4.39 Å². The van der Waals surface area contributed by atoms with E-state index >= 15 is 0 Å². The molecule has 0 radical (unpaired) electrons. The number of H-pyrrole nitrogens is 2. The molecule has 0 aliphatic carbocycles. The van der Waals surface area contributed by atoms with Gasteiger partial charge in [0.05, 0.1) is 16.9 Å². The molecule has 0 atom stereocenters. The maximum atomic E-state index is 13.9. The van der Waals surface area contributed by atoms with Gasteiger partial charge in [0.25, 0.3) is 0 Å². The summed E-state index contributed by atoms with van der Waals surface area (Å²) in [7, 11) is 0. The first-order valence-corrected chi connectivity index (χ1v) is 13.0. The summed E-state index contributed by atoms with van der Waals surface area (Å²) in [5, 5.41) is 8.58. The third kappa shape index (κ3) is 4.22. The number of nitrogens with zero attached hydrogens (tertiary/aromatic N) is 5. The van der Waals surface area contributed by atoms with E-state index in [0.717, 1.165) is 64.1 Å². The van der Waals surface area contributed by atoms with E-state index in [9.17, 15) is 4.39 Å². The van der Waals surface area contributed by atoms with Crippen molar-refractivity contribution >= 4 is 22.1 Å². The van der Waals surface area contributed by atoms with Gasteiger partial charge in [-0.25, -0.2) is 14.4 Å². The summed E-state index contributed by atoms with van der Waals surface area (Å²) in [5.74, 6) is -0.271. The van der Waals surface area contributed by atoms with Crippen molar-refractivity contribution in [1.29, 1.82) is 0 Å². The molecule has 1 aliphatic heterocycles. The molecule has 0 saturated carbocycles. The number of aromatic nitrogens is 6.